The summed E-state index contributed by atoms with van der Waals surface area (Å²) in [4.78, 5) is 17.8. The summed E-state index contributed by atoms with van der Waals surface area (Å²) < 4.78 is 0. The van der Waals surface area contributed by atoms with Gasteiger partial charge in [0.15, 0.2) is 0 Å². The Balaban J connectivity index is 1.47. The average molecular weight is 313 g/mol. The summed E-state index contributed by atoms with van der Waals surface area (Å²) in [6, 6.07) is 8.80. The number of carbonyl (C=O) groups is 1. The van der Waals surface area contributed by atoms with Gasteiger partial charge in [-0.15, -0.1) is 0 Å². The monoisotopic (exact) mass is 313 g/mol. The number of amides is 1. The van der Waals surface area contributed by atoms with Crippen LogP contribution in [-0.2, 0) is 11.2 Å². The second-order valence-electron chi connectivity index (χ2n) is 6.43. The Morgan fingerprint density at radius 2 is 2.22 bits per heavy atom. The standard InChI is InChI=1S/C19H27N3O/c1-2-16-7-5-6-12-22(16)19(23)14-20-11-10-15-13-21-18-9-4-3-8-17(15)18/h3-4,8-9,13,16,20-21H,2,5-7,10-12,14H2,1H3. The highest BCUT2D eigenvalue weighted by atomic mass is 16.2. The molecular formula is C19H27N3O. The first kappa shape index (κ1) is 16.1. The molecule has 4 heteroatoms. The molecule has 3 rings (SSSR count). The summed E-state index contributed by atoms with van der Waals surface area (Å²) in [5.74, 6) is 0.260. The van der Waals surface area contributed by atoms with Crippen LogP contribution in [0.5, 0.6) is 0 Å². The molecule has 1 aliphatic heterocycles. The van der Waals surface area contributed by atoms with Gasteiger partial charge in [0.05, 0.1) is 6.54 Å². The van der Waals surface area contributed by atoms with E-state index >= 15 is 0 Å². The van der Waals surface area contributed by atoms with Crippen molar-refractivity contribution in [2.75, 3.05) is 19.6 Å². The molecule has 2 aromatic rings. The smallest absolute Gasteiger partial charge is 0.236 e. The first-order valence-electron chi connectivity index (χ1n) is 8.84. The van der Waals surface area contributed by atoms with Crippen molar-refractivity contribution in [1.82, 2.24) is 15.2 Å². The number of fused-ring (bicyclic) bond motifs is 1. The molecule has 4 nitrogen and oxygen atoms in total. The van der Waals surface area contributed by atoms with E-state index < -0.39 is 0 Å². The number of nitrogens with zero attached hydrogens (tertiary/aromatic N) is 1. The van der Waals surface area contributed by atoms with Gasteiger partial charge in [-0.1, -0.05) is 25.1 Å². The molecule has 0 radical (unpaired) electrons. The molecule has 0 aliphatic carbocycles. The van der Waals surface area contributed by atoms with Gasteiger partial charge in [-0.3, -0.25) is 4.79 Å². The maximum absolute atomic E-state index is 12.4. The van der Waals surface area contributed by atoms with Crippen LogP contribution in [0.25, 0.3) is 10.9 Å². The zero-order chi connectivity index (χ0) is 16.1. The topological polar surface area (TPSA) is 48.1 Å². The lowest BCUT2D eigenvalue weighted by Crippen LogP contribution is -2.47. The van der Waals surface area contributed by atoms with Crippen LogP contribution in [0.3, 0.4) is 0 Å². The Morgan fingerprint density at radius 1 is 1.35 bits per heavy atom. The average Bonchev–Trinajstić information content (AvgIpc) is 3.01. The molecule has 1 atom stereocenters. The number of hydrogen-bond acceptors (Lipinski definition) is 2. The highest BCUT2D eigenvalue weighted by Crippen LogP contribution is 2.19. The predicted molar refractivity (Wildman–Crippen MR) is 94.5 cm³/mol. The molecule has 2 N–H and O–H groups in total. The largest absolute Gasteiger partial charge is 0.361 e. The Morgan fingerprint density at radius 3 is 3.09 bits per heavy atom. The maximum Gasteiger partial charge on any atom is 0.236 e. The van der Waals surface area contributed by atoms with Gasteiger partial charge < -0.3 is 15.2 Å². The van der Waals surface area contributed by atoms with Crippen molar-refractivity contribution in [2.45, 2.75) is 45.1 Å². The van der Waals surface area contributed by atoms with E-state index in [0.717, 1.165) is 38.8 Å². The number of aromatic nitrogens is 1. The highest BCUT2D eigenvalue weighted by molar-refractivity contribution is 5.83. The lowest BCUT2D eigenvalue weighted by Gasteiger charge is -2.35. The fraction of sp³-hybridized carbons (Fsp3) is 0.526. The van der Waals surface area contributed by atoms with Crippen molar-refractivity contribution >= 4 is 16.8 Å². The molecule has 1 aromatic heterocycles. The van der Waals surface area contributed by atoms with E-state index in [9.17, 15) is 4.79 Å². The second-order valence-corrected chi connectivity index (χ2v) is 6.43. The van der Waals surface area contributed by atoms with Crippen LogP contribution in [0.4, 0.5) is 0 Å². The van der Waals surface area contributed by atoms with Crippen molar-refractivity contribution in [3.63, 3.8) is 0 Å². The van der Waals surface area contributed by atoms with Gasteiger partial charge in [0, 0.05) is 29.7 Å². The first-order valence-corrected chi connectivity index (χ1v) is 8.84. The van der Waals surface area contributed by atoms with Crippen molar-refractivity contribution in [2.24, 2.45) is 0 Å². The zero-order valence-corrected chi connectivity index (χ0v) is 14.0. The molecule has 1 aliphatic rings. The minimum absolute atomic E-state index is 0.260. The van der Waals surface area contributed by atoms with Crippen LogP contribution >= 0.6 is 0 Å². The van der Waals surface area contributed by atoms with Crippen LogP contribution in [-0.4, -0.2) is 41.5 Å². The predicted octanol–water partition coefficient (Wildman–Crippen LogP) is 3.09. The summed E-state index contributed by atoms with van der Waals surface area (Å²) in [5.41, 5.74) is 2.49. The van der Waals surface area contributed by atoms with Crippen molar-refractivity contribution < 1.29 is 4.79 Å². The summed E-state index contributed by atoms with van der Waals surface area (Å²) in [6.45, 7) is 4.40. The third kappa shape index (κ3) is 3.75. The van der Waals surface area contributed by atoms with Crippen molar-refractivity contribution in [3.05, 3.63) is 36.0 Å². The van der Waals surface area contributed by atoms with E-state index in [1.165, 1.54) is 22.9 Å². The Bertz CT molecular complexity index is 649. The molecular weight excluding hydrogens is 286 g/mol. The third-order valence-corrected chi connectivity index (χ3v) is 4.94. The number of rotatable bonds is 6. The molecule has 1 fully saturated rings. The molecule has 1 unspecified atom stereocenters. The second kappa shape index (κ2) is 7.64. The molecule has 0 saturated carbocycles. The number of piperidine rings is 1. The quantitative estimate of drug-likeness (QED) is 0.805. The van der Waals surface area contributed by atoms with E-state index in [4.69, 9.17) is 0 Å². The van der Waals surface area contributed by atoms with Gasteiger partial charge in [-0.2, -0.15) is 0 Å². The number of aromatic amines is 1. The number of nitrogens with one attached hydrogen (secondary N) is 2. The summed E-state index contributed by atoms with van der Waals surface area (Å²) in [6.07, 6.45) is 7.66. The van der Waals surface area contributed by atoms with Gasteiger partial charge in [-0.05, 0) is 50.3 Å². The van der Waals surface area contributed by atoms with Crippen LogP contribution in [0, 0.1) is 0 Å². The van der Waals surface area contributed by atoms with Crippen LogP contribution in [0.2, 0.25) is 0 Å². The lowest BCUT2D eigenvalue weighted by molar-refractivity contribution is -0.133. The number of hydrogen-bond donors (Lipinski definition) is 2. The van der Waals surface area contributed by atoms with Crippen molar-refractivity contribution in [3.8, 4) is 0 Å². The van der Waals surface area contributed by atoms with E-state index in [0.29, 0.717) is 12.6 Å². The lowest BCUT2D eigenvalue weighted by atomic mass is 10.00. The first-order chi connectivity index (χ1) is 11.3. The zero-order valence-electron chi connectivity index (χ0n) is 14.0. The number of likely N-dealkylation sites (tertiary alicyclic amines) is 1. The highest BCUT2D eigenvalue weighted by Gasteiger charge is 2.24. The third-order valence-electron chi connectivity index (χ3n) is 4.94. The molecule has 0 bridgehead atoms. The SMILES string of the molecule is CCC1CCCCN1C(=O)CNCCc1c[nH]c2ccccc12. The fourth-order valence-electron chi connectivity index (χ4n) is 3.61. The number of benzene rings is 1. The molecule has 124 valence electrons. The molecule has 23 heavy (non-hydrogen) atoms. The minimum atomic E-state index is 0.260. The van der Waals surface area contributed by atoms with E-state index in [2.05, 4.69) is 46.5 Å². The van der Waals surface area contributed by atoms with E-state index in [1.807, 2.05) is 6.07 Å². The molecule has 0 spiro atoms. The van der Waals surface area contributed by atoms with Crippen molar-refractivity contribution in [1.29, 1.82) is 0 Å². The van der Waals surface area contributed by atoms with Gasteiger partial charge in [0.25, 0.3) is 0 Å². The number of para-hydroxylation sites is 1. The fourth-order valence-corrected chi connectivity index (χ4v) is 3.61. The maximum atomic E-state index is 12.4. The van der Waals surface area contributed by atoms with Gasteiger partial charge >= 0.3 is 0 Å². The normalized spacial score (nSPS) is 18.5. The summed E-state index contributed by atoms with van der Waals surface area (Å²) >= 11 is 0. The van der Waals surface area contributed by atoms with Gasteiger partial charge in [-0.25, -0.2) is 0 Å². The Hall–Kier alpha value is -1.81. The van der Waals surface area contributed by atoms with Crippen LogP contribution in [0.1, 0.15) is 38.2 Å². The minimum Gasteiger partial charge on any atom is -0.361 e. The Kier molecular flexibility index (Phi) is 5.34. The number of H-pyrrole nitrogens is 1. The van der Waals surface area contributed by atoms with E-state index in [-0.39, 0.29) is 5.91 Å². The number of carbonyl (C=O) groups excluding carboxylic acids is 1. The van der Waals surface area contributed by atoms with Gasteiger partial charge in [0.2, 0.25) is 5.91 Å². The van der Waals surface area contributed by atoms with Crippen LogP contribution in [0.15, 0.2) is 30.5 Å². The molecule has 1 amide bonds. The van der Waals surface area contributed by atoms with Gasteiger partial charge in [0.1, 0.15) is 0 Å². The molecule has 1 aromatic carbocycles. The molecule has 2 heterocycles. The molecule has 1 saturated heterocycles. The van der Waals surface area contributed by atoms with E-state index in [1.54, 1.807) is 0 Å². The summed E-state index contributed by atoms with van der Waals surface area (Å²) in [5, 5.41) is 4.61. The van der Waals surface area contributed by atoms with Crippen LogP contribution < -0.4 is 5.32 Å². The Labute approximate surface area is 138 Å². The summed E-state index contributed by atoms with van der Waals surface area (Å²) in [7, 11) is 0.